The van der Waals surface area contributed by atoms with Crippen LogP contribution in [0.3, 0.4) is 0 Å². The minimum atomic E-state index is -1.44. The number of guanidine groups is 1. The van der Waals surface area contributed by atoms with Gasteiger partial charge in [0.2, 0.25) is 47.3 Å². The van der Waals surface area contributed by atoms with Crippen molar-refractivity contribution in [3.63, 3.8) is 0 Å². The summed E-state index contributed by atoms with van der Waals surface area (Å²) >= 11 is 0. The Bertz CT molecular complexity index is 1980. The van der Waals surface area contributed by atoms with Crippen molar-refractivity contribution in [2.45, 2.75) is 128 Å². The normalized spacial score (nSPS) is 17.1. The zero-order chi connectivity index (χ0) is 49.1. The molecule has 8 amide bonds. The lowest BCUT2D eigenvalue weighted by molar-refractivity contribution is -0.143. The molecular formula is C43H68N14O9. The number of nitrogens with two attached hydrogens (primary N) is 4. The van der Waals surface area contributed by atoms with Crippen LogP contribution in [0.4, 0.5) is 0 Å². The molecule has 16 N–H and O–H groups in total. The molecule has 9 atom stereocenters. The third-order valence-corrected chi connectivity index (χ3v) is 11.2. The molecular weight excluding hydrogens is 857 g/mol. The van der Waals surface area contributed by atoms with E-state index in [1.54, 1.807) is 51.1 Å². The maximum Gasteiger partial charge on any atom is 0.246 e. The molecule has 2 heterocycles. The highest BCUT2D eigenvalue weighted by atomic mass is 16.3. The van der Waals surface area contributed by atoms with Crippen LogP contribution in [-0.4, -0.2) is 141 Å². The first-order valence-corrected chi connectivity index (χ1v) is 22.1. The Morgan fingerprint density at radius 3 is 1.94 bits per heavy atom. The van der Waals surface area contributed by atoms with Crippen LogP contribution in [0.2, 0.25) is 0 Å². The molecule has 9 unspecified atom stereocenters. The van der Waals surface area contributed by atoms with Gasteiger partial charge in [0.25, 0.3) is 0 Å². The third kappa shape index (κ3) is 16.4. The Hall–Kier alpha value is -6.62. The molecule has 364 valence electrons. The molecule has 0 radical (unpaired) electrons. The first-order chi connectivity index (χ1) is 31.3. The summed E-state index contributed by atoms with van der Waals surface area (Å²) in [4.78, 5) is 121. The second-order valence-corrected chi connectivity index (χ2v) is 16.8. The number of aromatic amines is 1. The summed E-state index contributed by atoms with van der Waals surface area (Å²) in [6, 6.07) is -0.629. The first-order valence-electron chi connectivity index (χ1n) is 22.1. The van der Waals surface area contributed by atoms with Gasteiger partial charge in [-0.1, -0.05) is 64.4 Å². The number of aliphatic imine (C=N–C) groups is 1. The molecule has 66 heavy (non-hydrogen) atoms. The van der Waals surface area contributed by atoms with Crippen molar-refractivity contribution in [1.82, 2.24) is 46.8 Å². The minimum Gasteiger partial charge on any atom is -0.394 e. The number of nitrogens with zero attached hydrogens (tertiary/aromatic N) is 3. The summed E-state index contributed by atoms with van der Waals surface area (Å²) in [5.74, 6) is -6.77. The van der Waals surface area contributed by atoms with E-state index in [1.165, 1.54) is 24.3 Å². The molecule has 23 heteroatoms. The Kier molecular flexibility index (Phi) is 21.5. The van der Waals surface area contributed by atoms with Crippen molar-refractivity contribution < 1.29 is 43.5 Å². The monoisotopic (exact) mass is 925 g/mol. The van der Waals surface area contributed by atoms with Gasteiger partial charge in [0, 0.05) is 37.8 Å². The van der Waals surface area contributed by atoms with Crippen molar-refractivity contribution in [2.24, 2.45) is 39.8 Å². The van der Waals surface area contributed by atoms with Crippen molar-refractivity contribution in [2.75, 3.05) is 19.7 Å². The topological polar surface area (TPSA) is 377 Å². The molecule has 0 bridgehead atoms. The van der Waals surface area contributed by atoms with Gasteiger partial charge in [-0.05, 0) is 50.0 Å². The Labute approximate surface area is 384 Å². The highest BCUT2D eigenvalue weighted by molar-refractivity contribution is 5.98. The second-order valence-electron chi connectivity index (χ2n) is 16.8. The predicted molar refractivity (Wildman–Crippen MR) is 243 cm³/mol. The number of hydrogen-bond acceptors (Lipinski definition) is 12. The quantitative estimate of drug-likeness (QED) is 0.0250. The van der Waals surface area contributed by atoms with Crippen molar-refractivity contribution in [3.8, 4) is 0 Å². The molecule has 0 aliphatic carbocycles. The average molecular weight is 925 g/mol. The maximum absolute atomic E-state index is 14.5. The lowest BCUT2D eigenvalue weighted by Crippen LogP contribution is -2.61. The van der Waals surface area contributed by atoms with E-state index in [9.17, 15) is 43.5 Å². The number of primary amides is 1. The van der Waals surface area contributed by atoms with Gasteiger partial charge in [-0.2, -0.15) is 0 Å². The van der Waals surface area contributed by atoms with Crippen LogP contribution in [0.25, 0.3) is 0 Å². The van der Waals surface area contributed by atoms with Gasteiger partial charge >= 0.3 is 0 Å². The molecule has 1 aromatic heterocycles. The Balaban J connectivity index is 1.89. The Morgan fingerprint density at radius 2 is 1.39 bits per heavy atom. The maximum atomic E-state index is 14.5. The highest BCUT2D eigenvalue weighted by Gasteiger charge is 2.41. The van der Waals surface area contributed by atoms with Gasteiger partial charge in [-0.25, -0.2) is 4.98 Å². The van der Waals surface area contributed by atoms with Gasteiger partial charge in [-0.3, -0.25) is 43.3 Å². The van der Waals surface area contributed by atoms with Crippen LogP contribution in [0.5, 0.6) is 0 Å². The lowest BCUT2D eigenvalue weighted by atomic mass is 9.96. The molecule has 0 saturated carbocycles. The summed E-state index contributed by atoms with van der Waals surface area (Å²) in [5.41, 5.74) is 23.4. The van der Waals surface area contributed by atoms with E-state index in [1.807, 2.05) is 6.92 Å². The molecule has 1 aromatic carbocycles. The molecule has 1 saturated heterocycles. The third-order valence-electron chi connectivity index (χ3n) is 11.2. The van der Waals surface area contributed by atoms with Crippen LogP contribution >= 0.6 is 0 Å². The number of aliphatic hydroxyl groups excluding tert-OH is 1. The number of nitrogens with one attached hydrogen (secondary N) is 7. The van der Waals surface area contributed by atoms with E-state index in [2.05, 4.69) is 46.9 Å². The average Bonchev–Trinajstić information content (AvgIpc) is 3.99. The number of amides is 8. The standard InChI is InChI=1S/C43H68N14O9/c1-6-24(4)34(56-39(63)30(19-27-20-48-22-50-27)53-40(64)31(21-58)54-36(60)25(5)44)42(66)57-17-11-15-32(57)41(65)51-28(14-10-16-49-43(46)47)37(61)52-29(18-26-12-8-7-9-13-26)38(62)55-33(23(2)3)35(45)59/h7-9,12-13,20,22-25,28-34,58H,6,10-11,14-19,21,44H2,1-5H3,(H2,45,59)(H,48,50)(H,51,65)(H,52,61)(H,53,64)(H,54,60)(H,55,62)(H,56,63)(H4,46,47,49). The summed E-state index contributed by atoms with van der Waals surface area (Å²) in [5, 5.41) is 25.7. The first kappa shape index (κ1) is 53.7. The molecule has 1 aliphatic rings. The van der Waals surface area contributed by atoms with E-state index in [-0.39, 0.29) is 57.1 Å². The number of hydrogen-bond donors (Lipinski definition) is 12. The molecule has 3 rings (SSSR count). The van der Waals surface area contributed by atoms with Crippen molar-refractivity contribution in [3.05, 3.63) is 54.1 Å². The number of rotatable bonds is 26. The number of imidazole rings is 1. The summed E-state index contributed by atoms with van der Waals surface area (Å²) < 4.78 is 0. The summed E-state index contributed by atoms with van der Waals surface area (Å²) in [7, 11) is 0. The fourth-order valence-electron chi connectivity index (χ4n) is 7.21. The zero-order valence-corrected chi connectivity index (χ0v) is 38.3. The number of H-pyrrole nitrogens is 1. The van der Waals surface area contributed by atoms with Crippen LogP contribution < -0.4 is 54.8 Å². The number of aromatic nitrogens is 2. The number of aliphatic hydroxyl groups is 1. The van der Waals surface area contributed by atoms with Gasteiger partial charge in [0.05, 0.1) is 19.0 Å². The number of carbonyl (C=O) groups excluding carboxylic acids is 8. The van der Waals surface area contributed by atoms with Crippen molar-refractivity contribution in [1.29, 1.82) is 0 Å². The molecule has 1 fully saturated rings. The fourth-order valence-corrected chi connectivity index (χ4v) is 7.21. The number of benzene rings is 1. The van der Waals surface area contributed by atoms with Gasteiger partial charge < -0.3 is 69.8 Å². The molecule has 23 nitrogen and oxygen atoms in total. The molecule has 2 aromatic rings. The number of likely N-dealkylation sites (tertiary alicyclic amines) is 1. The lowest BCUT2D eigenvalue weighted by Gasteiger charge is -2.33. The van der Waals surface area contributed by atoms with Crippen molar-refractivity contribution >= 4 is 53.2 Å². The van der Waals surface area contributed by atoms with Crippen LogP contribution in [0.15, 0.2) is 47.8 Å². The van der Waals surface area contributed by atoms with Gasteiger partial charge in [0.1, 0.15) is 42.3 Å². The molecule has 1 aliphatic heterocycles. The minimum absolute atomic E-state index is 0.0195. The smallest absolute Gasteiger partial charge is 0.246 e. The Morgan fingerprint density at radius 1 is 0.803 bits per heavy atom. The highest BCUT2D eigenvalue weighted by Crippen LogP contribution is 2.22. The number of carbonyl (C=O) groups is 8. The van der Waals surface area contributed by atoms with E-state index in [4.69, 9.17) is 22.9 Å². The fraction of sp³-hybridized carbons (Fsp3) is 0.581. The van der Waals surface area contributed by atoms with E-state index < -0.39 is 108 Å². The predicted octanol–water partition coefficient (Wildman–Crippen LogP) is -3.32. The SMILES string of the molecule is CCC(C)C(NC(=O)C(Cc1cnc[nH]1)NC(=O)C(CO)NC(=O)C(C)N)C(=O)N1CCCC1C(=O)NC(CCCN=C(N)N)C(=O)NC(Cc1ccccc1)C(=O)NC(C(N)=O)C(C)C. The second kappa shape index (κ2) is 26.4. The van der Waals surface area contributed by atoms with E-state index in [0.29, 0.717) is 24.1 Å². The zero-order valence-electron chi connectivity index (χ0n) is 38.3. The summed E-state index contributed by atoms with van der Waals surface area (Å²) in [6.07, 6.45) is 4.04. The van der Waals surface area contributed by atoms with Crippen LogP contribution in [0, 0.1) is 11.8 Å². The molecule has 0 spiro atoms. The summed E-state index contributed by atoms with van der Waals surface area (Å²) in [6.45, 7) is 7.83. The van der Waals surface area contributed by atoms with Crippen LogP contribution in [0.1, 0.15) is 78.0 Å². The van der Waals surface area contributed by atoms with E-state index in [0.717, 1.165) is 0 Å². The van der Waals surface area contributed by atoms with Crippen LogP contribution in [-0.2, 0) is 51.2 Å². The van der Waals surface area contributed by atoms with Gasteiger partial charge in [-0.15, -0.1) is 0 Å². The largest absolute Gasteiger partial charge is 0.394 e. The van der Waals surface area contributed by atoms with E-state index >= 15 is 0 Å². The van der Waals surface area contributed by atoms with Gasteiger partial charge in [0.15, 0.2) is 5.96 Å².